The number of aldehydes is 1. The second-order valence-electron chi connectivity index (χ2n) is 8.80. The summed E-state index contributed by atoms with van der Waals surface area (Å²) in [5, 5.41) is 42.1. The zero-order valence-corrected chi connectivity index (χ0v) is 20.3. The first-order valence-electron chi connectivity index (χ1n) is 11.9. The van der Waals surface area contributed by atoms with Crippen LogP contribution in [0.5, 0.6) is 5.75 Å². The Bertz CT molecular complexity index is 1450. The fourth-order valence-electron chi connectivity index (χ4n) is 4.49. The lowest BCUT2D eigenvalue weighted by molar-refractivity contribution is -0.189. The van der Waals surface area contributed by atoms with Gasteiger partial charge < -0.3 is 25.0 Å². The fourth-order valence-corrected chi connectivity index (χ4v) is 4.49. The van der Waals surface area contributed by atoms with E-state index in [1.807, 2.05) is 0 Å². The van der Waals surface area contributed by atoms with Gasteiger partial charge in [0.25, 0.3) is 5.91 Å². The molecule has 0 spiro atoms. The second kappa shape index (κ2) is 10.7. The van der Waals surface area contributed by atoms with Crippen molar-refractivity contribution in [1.82, 2.24) is 9.47 Å². The van der Waals surface area contributed by atoms with Crippen molar-refractivity contribution < 1.29 is 24.9 Å². The molecule has 0 aliphatic rings. The predicted molar refractivity (Wildman–Crippen MR) is 137 cm³/mol. The van der Waals surface area contributed by atoms with Gasteiger partial charge in [0.15, 0.2) is 0 Å². The van der Waals surface area contributed by atoms with Crippen LogP contribution in [0.25, 0.3) is 10.9 Å². The molecule has 4 rings (SSSR count). The summed E-state index contributed by atoms with van der Waals surface area (Å²) < 4.78 is 1.23. The number of aliphatic hydroxyl groups is 2. The van der Waals surface area contributed by atoms with Crippen molar-refractivity contribution in [3.63, 3.8) is 0 Å². The largest absolute Gasteiger partial charge is 0.508 e. The van der Waals surface area contributed by atoms with E-state index >= 15 is 0 Å². The molecule has 0 fully saturated rings. The van der Waals surface area contributed by atoms with Crippen molar-refractivity contribution in [3.05, 3.63) is 101 Å². The summed E-state index contributed by atoms with van der Waals surface area (Å²) in [6.07, 6.45) is 2.19. The van der Waals surface area contributed by atoms with Crippen LogP contribution in [0.1, 0.15) is 29.2 Å². The minimum absolute atomic E-state index is 0.0896. The molecule has 1 heterocycles. The molecular weight excluding hydrogens is 470 g/mol. The van der Waals surface area contributed by atoms with Crippen LogP contribution in [-0.4, -0.2) is 43.5 Å². The zero-order chi connectivity index (χ0) is 26.6. The molecule has 0 aliphatic heterocycles. The van der Waals surface area contributed by atoms with E-state index in [9.17, 15) is 30.2 Å². The van der Waals surface area contributed by atoms with Crippen LogP contribution in [0.4, 0.5) is 0 Å². The molecule has 0 aliphatic carbocycles. The van der Waals surface area contributed by atoms with E-state index in [2.05, 4.69) is 6.07 Å². The van der Waals surface area contributed by atoms with E-state index in [4.69, 9.17) is 0 Å². The van der Waals surface area contributed by atoms with Gasteiger partial charge in [-0.25, -0.2) is 0 Å². The van der Waals surface area contributed by atoms with Gasteiger partial charge in [-0.2, -0.15) is 5.26 Å². The van der Waals surface area contributed by atoms with Crippen LogP contribution < -0.4 is 0 Å². The molecule has 3 N–H and O–H groups in total. The average molecular weight is 498 g/mol. The molecule has 0 saturated heterocycles. The fraction of sp³-hybridized carbons (Fsp3) is 0.207. The lowest BCUT2D eigenvalue weighted by Gasteiger charge is -2.28. The summed E-state index contributed by atoms with van der Waals surface area (Å²) in [6, 6.07) is 21.9. The second-order valence-corrected chi connectivity index (χ2v) is 8.80. The van der Waals surface area contributed by atoms with Gasteiger partial charge in [0.05, 0.1) is 17.0 Å². The van der Waals surface area contributed by atoms with Gasteiger partial charge in [0.1, 0.15) is 18.1 Å². The van der Waals surface area contributed by atoms with Crippen molar-refractivity contribution in [2.75, 3.05) is 6.54 Å². The molecule has 1 amide bonds. The van der Waals surface area contributed by atoms with Crippen molar-refractivity contribution in [3.8, 4) is 11.8 Å². The SMILES string of the molecule is CCN(Cc1cccc2c(C#N)cn(C(O)(O)c3ccccc3)c12)C(=O)C(C=O)Cc1ccc(O)cc1. The van der Waals surface area contributed by atoms with E-state index in [-0.39, 0.29) is 35.7 Å². The summed E-state index contributed by atoms with van der Waals surface area (Å²) in [5.41, 5.74) is 2.20. The number of fused-ring (bicyclic) bond motifs is 1. The Morgan fingerprint density at radius 3 is 2.41 bits per heavy atom. The monoisotopic (exact) mass is 497 g/mol. The molecule has 3 aromatic carbocycles. The number of amides is 1. The van der Waals surface area contributed by atoms with Gasteiger partial charge in [-0.05, 0) is 36.6 Å². The molecule has 1 aromatic heterocycles. The van der Waals surface area contributed by atoms with E-state index in [1.54, 1.807) is 67.6 Å². The number of nitrogens with zero attached hydrogens (tertiary/aromatic N) is 3. The molecular formula is C29H27N3O5. The maximum atomic E-state index is 13.4. The number of rotatable bonds is 9. The molecule has 0 radical (unpaired) electrons. The maximum Gasteiger partial charge on any atom is 0.279 e. The summed E-state index contributed by atoms with van der Waals surface area (Å²) in [7, 11) is 0. The van der Waals surface area contributed by atoms with E-state index in [0.717, 1.165) is 5.56 Å². The Labute approximate surface area is 214 Å². The normalized spacial score (nSPS) is 12.2. The van der Waals surface area contributed by atoms with Gasteiger partial charge in [0.2, 0.25) is 5.91 Å². The first kappa shape index (κ1) is 25.6. The Morgan fingerprint density at radius 1 is 1.08 bits per heavy atom. The Balaban J connectivity index is 1.72. The number of phenolic OH excluding ortho intramolecular Hbond substituents is 1. The van der Waals surface area contributed by atoms with Crippen LogP contribution in [0.2, 0.25) is 0 Å². The number of nitriles is 1. The number of carbonyl (C=O) groups is 2. The molecule has 1 atom stereocenters. The topological polar surface area (TPSA) is 127 Å². The summed E-state index contributed by atoms with van der Waals surface area (Å²) in [5.74, 6) is -3.65. The number of hydrogen-bond acceptors (Lipinski definition) is 6. The number of benzene rings is 3. The standard InChI is InChI=1S/C29H27N3O5/c1-2-31(28(35)22(19-33)15-20-11-13-25(34)14-12-20)17-21-7-6-10-26-23(16-30)18-32(27(21)26)29(36,37)24-8-4-3-5-9-24/h3-14,18-19,22,34,36-37H,2,15,17H2,1H3. The van der Waals surface area contributed by atoms with E-state index in [1.165, 1.54) is 27.8 Å². The number of aromatic hydroxyl groups is 1. The number of para-hydroxylation sites is 1. The molecule has 37 heavy (non-hydrogen) atoms. The van der Waals surface area contributed by atoms with Crippen LogP contribution in [0.3, 0.4) is 0 Å². The lowest BCUT2D eigenvalue weighted by Crippen LogP contribution is -2.38. The van der Waals surface area contributed by atoms with Gasteiger partial charge in [0, 0.05) is 30.2 Å². The first-order valence-corrected chi connectivity index (χ1v) is 11.9. The molecule has 8 heteroatoms. The minimum atomic E-state index is -2.45. The highest BCUT2D eigenvalue weighted by molar-refractivity contribution is 5.93. The number of hydrogen-bond donors (Lipinski definition) is 3. The molecule has 8 nitrogen and oxygen atoms in total. The quantitative estimate of drug-likeness (QED) is 0.185. The molecule has 0 bridgehead atoms. The minimum Gasteiger partial charge on any atom is -0.508 e. The Morgan fingerprint density at radius 2 is 1.78 bits per heavy atom. The van der Waals surface area contributed by atoms with Crippen LogP contribution >= 0.6 is 0 Å². The molecule has 0 saturated carbocycles. The third-order valence-corrected chi connectivity index (χ3v) is 6.45. The Hall–Kier alpha value is -4.45. The van der Waals surface area contributed by atoms with Crippen molar-refractivity contribution in [1.29, 1.82) is 5.26 Å². The highest BCUT2D eigenvalue weighted by atomic mass is 16.5. The number of phenols is 1. The van der Waals surface area contributed by atoms with Crippen molar-refractivity contribution in [2.24, 2.45) is 5.92 Å². The van der Waals surface area contributed by atoms with Gasteiger partial charge >= 0.3 is 0 Å². The maximum absolute atomic E-state index is 13.4. The van der Waals surface area contributed by atoms with Crippen molar-refractivity contribution >= 4 is 23.1 Å². The number of aromatic nitrogens is 1. The summed E-state index contributed by atoms with van der Waals surface area (Å²) in [4.78, 5) is 26.8. The predicted octanol–water partition coefficient (Wildman–Crippen LogP) is 3.27. The van der Waals surface area contributed by atoms with E-state index < -0.39 is 11.8 Å². The zero-order valence-electron chi connectivity index (χ0n) is 20.3. The molecule has 1 unspecified atom stereocenters. The van der Waals surface area contributed by atoms with Gasteiger partial charge in [-0.15, -0.1) is 0 Å². The summed E-state index contributed by atoms with van der Waals surface area (Å²) in [6.45, 7) is 2.20. The first-order chi connectivity index (χ1) is 17.8. The van der Waals surface area contributed by atoms with Crippen LogP contribution in [0, 0.1) is 17.2 Å². The smallest absolute Gasteiger partial charge is 0.279 e. The highest BCUT2D eigenvalue weighted by Gasteiger charge is 2.32. The van der Waals surface area contributed by atoms with E-state index in [0.29, 0.717) is 29.3 Å². The molecule has 188 valence electrons. The van der Waals surface area contributed by atoms with Crippen molar-refractivity contribution in [2.45, 2.75) is 25.8 Å². The molecule has 4 aromatic rings. The summed E-state index contributed by atoms with van der Waals surface area (Å²) >= 11 is 0. The Kier molecular flexibility index (Phi) is 7.39. The van der Waals surface area contributed by atoms with Gasteiger partial charge in [-0.1, -0.05) is 60.7 Å². The van der Waals surface area contributed by atoms with Crippen LogP contribution in [0.15, 0.2) is 79.0 Å². The third kappa shape index (κ3) is 5.09. The third-order valence-electron chi connectivity index (χ3n) is 6.45. The van der Waals surface area contributed by atoms with Gasteiger partial charge in [-0.3, -0.25) is 9.36 Å². The number of carbonyl (C=O) groups excluding carboxylic acids is 2. The highest BCUT2D eigenvalue weighted by Crippen LogP contribution is 2.32. The lowest BCUT2D eigenvalue weighted by atomic mass is 9.98. The average Bonchev–Trinajstić information content (AvgIpc) is 3.32. The van der Waals surface area contributed by atoms with Crippen LogP contribution in [-0.2, 0) is 28.5 Å².